The van der Waals surface area contributed by atoms with Crippen molar-refractivity contribution in [2.45, 2.75) is 32.2 Å². The molecule has 34 heavy (non-hydrogen) atoms. The Balaban J connectivity index is 1.56. The number of carbonyl (C=O) groups excluding carboxylic acids is 2. The van der Waals surface area contributed by atoms with Crippen molar-refractivity contribution in [3.8, 4) is 11.5 Å². The highest BCUT2D eigenvalue weighted by Crippen LogP contribution is 2.33. The summed E-state index contributed by atoms with van der Waals surface area (Å²) in [5.74, 6) is 0.789. The van der Waals surface area contributed by atoms with Crippen LogP contribution in [-0.2, 0) is 11.2 Å². The Hall–Kier alpha value is -4.08. The average Bonchev–Trinajstić information content (AvgIpc) is 3.49. The zero-order valence-corrected chi connectivity index (χ0v) is 18.6. The molecule has 1 atom stereocenters. The summed E-state index contributed by atoms with van der Waals surface area (Å²) < 4.78 is 13.2. The van der Waals surface area contributed by atoms with Gasteiger partial charge in [-0.2, -0.15) is 0 Å². The van der Waals surface area contributed by atoms with E-state index in [2.05, 4.69) is 15.6 Å². The lowest BCUT2D eigenvalue weighted by molar-refractivity contribution is -0.124. The Morgan fingerprint density at radius 3 is 2.44 bits per heavy atom. The molecule has 5 rings (SSSR count). The highest BCUT2D eigenvalue weighted by molar-refractivity contribution is 6.64. The molecule has 1 unspecified atom stereocenters. The molecule has 2 N–H and O–H groups in total. The Labute approximate surface area is 196 Å². The lowest BCUT2D eigenvalue weighted by Gasteiger charge is -2.18. The lowest BCUT2D eigenvalue weighted by Crippen LogP contribution is -2.49. The number of nitrogens with zero attached hydrogens (tertiary/aromatic N) is 2. The number of benzene rings is 2. The Kier molecular flexibility index (Phi) is 5.79. The minimum atomic E-state index is -1.00. The van der Waals surface area contributed by atoms with Crippen LogP contribution in [0.3, 0.4) is 0 Å². The van der Waals surface area contributed by atoms with Gasteiger partial charge in [0.25, 0.3) is 11.5 Å². The number of fused-ring (bicyclic) bond motifs is 2. The van der Waals surface area contributed by atoms with Crippen LogP contribution in [0.5, 0.6) is 11.5 Å². The minimum absolute atomic E-state index is 0.0643. The average molecular weight is 458 g/mol. The molecule has 2 aliphatic heterocycles. The number of para-hydroxylation sites is 2. The molecular weight excluding hydrogens is 435 g/mol. The van der Waals surface area contributed by atoms with Gasteiger partial charge < -0.3 is 19.9 Å². The summed E-state index contributed by atoms with van der Waals surface area (Å²) in [7, 11) is -1.00. The van der Waals surface area contributed by atoms with E-state index in [4.69, 9.17) is 9.31 Å². The van der Waals surface area contributed by atoms with Crippen molar-refractivity contribution in [3.05, 3.63) is 76.3 Å². The molecular formula is C24H23BN4O5. The number of aromatic nitrogens is 2. The van der Waals surface area contributed by atoms with Gasteiger partial charge in [-0.1, -0.05) is 37.3 Å². The molecule has 0 spiro atoms. The van der Waals surface area contributed by atoms with Gasteiger partial charge in [-0.05, 0) is 37.1 Å². The van der Waals surface area contributed by atoms with E-state index in [1.54, 1.807) is 42.5 Å². The van der Waals surface area contributed by atoms with Crippen LogP contribution in [0.15, 0.2) is 59.4 Å². The predicted octanol–water partition coefficient (Wildman–Crippen LogP) is 1.68. The molecule has 0 fully saturated rings. The van der Waals surface area contributed by atoms with Crippen LogP contribution in [0.4, 0.5) is 5.69 Å². The third-order valence-electron chi connectivity index (χ3n) is 5.84. The summed E-state index contributed by atoms with van der Waals surface area (Å²) >= 11 is 0. The standard InChI is InChI=1S/C24H23BN4O5/c1-2-14-26-23(31)16-12-13-19-27-21(25-33-17-10-6-7-11-18(17)34-25)20(24(32)29(16)19)28-22(30)15-8-4-3-5-9-15/h3-11,16H,2,12-14H2,1H3,(H,26,31)(H,28,30). The van der Waals surface area contributed by atoms with Crippen LogP contribution in [-0.4, -0.2) is 35.0 Å². The maximum Gasteiger partial charge on any atom is 0.655 e. The Bertz CT molecular complexity index is 1290. The summed E-state index contributed by atoms with van der Waals surface area (Å²) in [5.41, 5.74) is -0.0225. The van der Waals surface area contributed by atoms with Crippen LogP contribution in [0.25, 0.3) is 0 Å². The van der Waals surface area contributed by atoms with Crippen molar-refractivity contribution in [1.82, 2.24) is 14.9 Å². The van der Waals surface area contributed by atoms with Gasteiger partial charge in [0, 0.05) is 18.5 Å². The second-order valence-corrected chi connectivity index (χ2v) is 8.14. The van der Waals surface area contributed by atoms with Gasteiger partial charge in [0.15, 0.2) is 0 Å². The first-order valence-corrected chi connectivity index (χ1v) is 11.3. The molecule has 2 amide bonds. The van der Waals surface area contributed by atoms with Crippen LogP contribution in [0, 0.1) is 0 Å². The molecule has 2 aromatic carbocycles. The van der Waals surface area contributed by atoms with Crippen molar-refractivity contribution in [3.63, 3.8) is 0 Å². The third-order valence-corrected chi connectivity index (χ3v) is 5.84. The zero-order chi connectivity index (χ0) is 23.7. The van der Waals surface area contributed by atoms with Crippen molar-refractivity contribution >= 4 is 30.2 Å². The van der Waals surface area contributed by atoms with E-state index in [0.717, 1.165) is 6.42 Å². The fraction of sp³-hybridized carbons (Fsp3) is 0.250. The summed E-state index contributed by atoms with van der Waals surface area (Å²) in [6.45, 7) is 2.48. The molecule has 0 aliphatic carbocycles. The van der Waals surface area contributed by atoms with Gasteiger partial charge >= 0.3 is 7.12 Å². The van der Waals surface area contributed by atoms with Crippen LogP contribution >= 0.6 is 0 Å². The van der Waals surface area contributed by atoms with Gasteiger partial charge in [0.1, 0.15) is 34.6 Å². The Morgan fingerprint density at radius 1 is 1.09 bits per heavy atom. The summed E-state index contributed by atoms with van der Waals surface area (Å²) in [6.07, 6.45) is 1.67. The molecule has 0 saturated carbocycles. The third kappa shape index (κ3) is 3.91. The number of rotatable bonds is 6. The maximum atomic E-state index is 13.7. The van der Waals surface area contributed by atoms with E-state index in [9.17, 15) is 14.4 Å². The molecule has 0 saturated heterocycles. The fourth-order valence-electron chi connectivity index (χ4n) is 4.18. The lowest BCUT2D eigenvalue weighted by atomic mass is 9.83. The largest absolute Gasteiger partial charge is 0.655 e. The number of amides is 2. The SMILES string of the molecule is CCCNC(=O)C1CCc2nc(B3Oc4ccccc4O3)c(NC(=O)c3ccccc3)c(=O)n21. The van der Waals surface area contributed by atoms with Gasteiger partial charge in [0.05, 0.1) is 0 Å². The highest BCUT2D eigenvalue weighted by Gasteiger charge is 2.42. The van der Waals surface area contributed by atoms with E-state index in [0.29, 0.717) is 42.3 Å². The Morgan fingerprint density at radius 2 is 1.76 bits per heavy atom. The van der Waals surface area contributed by atoms with Gasteiger partial charge in [0.2, 0.25) is 5.91 Å². The molecule has 10 heteroatoms. The molecule has 1 aromatic heterocycles. The number of hydrogen-bond acceptors (Lipinski definition) is 6. The van der Waals surface area contributed by atoms with Crippen molar-refractivity contribution in [1.29, 1.82) is 0 Å². The summed E-state index contributed by atoms with van der Waals surface area (Å²) in [5, 5.41) is 5.55. The van der Waals surface area contributed by atoms with Crippen LogP contribution < -0.4 is 31.1 Å². The number of carbonyl (C=O) groups is 2. The number of nitrogens with one attached hydrogen (secondary N) is 2. The highest BCUT2D eigenvalue weighted by atomic mass is 16.6. The van der Waals surface area contributed by atoms with E-state index in [1.165, 1.54) is 4.57 Å². The van der Waals surface area contributed by atoms with E-state index < -0.39 is 24.6 Å². The number of hydrogen-bond donors (Lipinski definition) is 2. The van der Waals surface area contributed by atoms with Crippen LogP contribution in [0.2, 0.25) is 0 Å². The van der Waals surface area contributed by atoms with Gasteiger partial charge in [-0.25, -0.2) is 4.98 Å². The quantitative estimate of drug-likeness (QED) is 0.544. The molecule has 3 heterocycles. The maximum absolute atomic E-state index is 13.7. The van der Waals surface area contributed by atoms with Gasteiger partial charge in [-0.3, -0.25) is 19.0 Å². The number of anilines is 1. The molecule has 0 radical (unpaired) electrons. The first kappa shape index (κ1) is 21.8. The van der Waals surface area contributed by atoms with Crippen LogP contribution in [0.1, 0.15) is 42.0 Å². The topological polar surface area (TPSA) is 112 Å². The first-order valence-electron chi connectivity index (χ1n) is 11.3. The molecule has 9 nitrogen and oxygen atoms in total. The fourth-order valence-corrected chi connectivity index (χ4v) is 4.18. The molecule has 0 bridgehead atoms. The monoisotopic (exact) mass is 458 g/mol. The smallest absolute Gasteiger partial charge is 0.518 e. The van der Waals surface area contributed by atoms with Crippen molar-refractivity contribution in [2.24, 2.45) is 0 Å². The van der Waals surface area contributed by atoms with Crippen molar-refractivity contribution < 1.29 is 18.9 Å². The van der Waals surface area contributed by atoms with E-state index >= 15 is 0 Å². The summed E-state index contributed by atoms with van der Waals surface area (Å²) in [6, 6.07) is 15.0. The first-order chi connectivity index (χ1) is 16.6. The molecule has 2 aliphatic rings. The second kappa shape index (κ2) is 9.05. The van der Waals surface area contributed by atoms with E-state index in [-0.39, 0.29) is 17.2 Å². The van der Waals surface area contributed by atoms with Crippen molar-refractivity contribution in [2.75, 3.05) is 11.9 Å². The zero-order valence-electron chi connectivity index (χ0n) is 18.6. The predicted molar refractivity (Wildman–Crippen MR) is 127 cm³/mol. The normalized spacial score (nSPS) is 15.7. The molecule has 3 aromatic rings. The van der Waals surface area contributed by atoms with Gasteiger partial charge in [-0.15, -0.1) is 0 Å². The summed E-state index contributed by atoms with van der Waals surface area (Å²) in [4.78, 5) is 44.0. The molecule has 172 valence electrons. The number of aryl methyl sites for hydroxylation is 1. The minimum Gasteiger partial charge on any atom is -0.518 e. The second-order valence-electron chi connectivity index (χ2n) is 8.14. The van der Waals surface area contributed by atoms with E-state index in [1.807, 2.05) is 19.1 Å².